The van der Waals surface area contributed by atoms with Gasteiger partial charge in [-0.1, -0.05) is 44.2 Å². The molecule has 3 aromatic carbocycles. The van der Waals surface area contributed by atoms with E-state index in [1.54, 1.807) is 37.4 Å². The number of hydrogen-bond donors (Lipinski definition) is 1. The maximum Gasteiger partial charge on any atom is 0.264 e. The van der Waals surface area contributed by atoms with E-state index in [-0.39, 0.29) is 23.4 Å². The zero-order chi connectivity index (χ0) is 24.7. The van der Waals surface area contributed by atoms with Crippen LogP contribution in [0.1, 0.15) is 31.9 Å². The third-order valence-corrected chi connectivity index (χ3v) is 7.80. The number of rotatable bonds is 10. The Labute approximate surface area is 215 Å². The fourth-order valence-corrected chi connectivity index (χ4v) is 5.40. The highest BCUT2D eigenvalue weighted by Crippen LogP contribution is 2.26. The number of nitrogens with zero attached hydrogens (tertiary/aromatic N) is 1. The number of hydrogen-bond acceptors (Lipinski definition) is 4. The van der Waals surface area contributed by atoms with Crippen molar-refractivity contribution in [3.8, 4) is 5.75 Å². The first kappa shape index (κ1) is 26.0. The number of sulfonamides is 1. The Morgan fingerprint density at radius 1 is 0.971 bits per heavy atom. The number of methoxy groups -OCH3 is 1. The summed E-state index contributed by atoms with van der Waals surface area (Å²) in [7, 11) is -2.34. The average Bonchev–Trinajstić information content (AvgIpc) is 2.83. The van der Waals surface area contributed by atoms with Crippen LogP contribution in [0.4, 0.5) is 5.69 Å². The summed E-state index contributed by atoms with van der Waals surface area (Å²) in [5.74, 6) is 0.685. The van der Waals surface area contributed by atoms with E-state index in [2.05, 4.69) is 41.8 Å². The van der Waals surface area contributed by atoms with Gasteiger partial charge in [-0.25, -0.2) is 8.42 Å². The lowest BCUT2D eigenvalue weighted by Crippen LogP contribution is -2.42. The molecule has 0 bridgehead atoms. The monoisotopic (exact) mass is 592 g/mol. The minimum Gasteiger partial charge on any atom is -0.497 e. The number of carbonyl (C=O) groups is 1. The van der Waals surface area contributed by atoms with Crippen molar-refractivity contribution in [2.45, 2.75) is 31.2 Å². The topological polar surface area (TPSA) is 75.7 Å². The van der Waals surface area contributed by atoms with E-state index in [1.807, 2.05) is 36.4 Å². The van der Waals surface area contributed by atoms with Crippen LogP contribution in [0.5, 0.6) is 5.75 Å². The predicted octanol–water partition coefficient (Wildman–Crippen LogP) is 5.40. The summed E-state index contributed by atoms with van der Waals surface area (Å²) in [4.78, 5) is 13.4. The van der Waals surface area contributed by atoms with Crippen LogP contribution in [0.3, 0.4) is 0 Å². The normalized spacial score (nSPS) is 12.3. The first-order valence-corrected chi connectivity index (χ1v) is 13.5. The van der Waals surface area contributed by atoms with Gasteiger partial charge in [0.25, 0.3) is 10.0 Å². The zero-order valence-electron chi connectivity index (χ0n) is 19.4. The quantitative estimate of drug-likeness (QED) is 0.320. The van der Waals surface area contributed by atoms with E-state index < -0.39 is 10.0 Å². The fourth-order valence-electron chi connectivity index (χ4n) is 3.60. The Balaban J connectivity index is 1.89. The van der Waals surface area contributed by atoms with Crippen LogP contribution in [0, 0.1) is 9.49 Å². The van der Waals surface area contributed by atoms with Crippen molar-refractivity contribution in [2.24, 2.45) is 5.92 Å². The van der Waals surface area contributed by atoms with Crippen molar-refractivity contribution in [3.63, 3.8) is 0 Å². The Morgan fingerprint density at radius 2 is 1.59 bits per heavy atom. The molecule has 0 aromatic heterocycles. The van der Waals surface area contributed by atoms with E-state index in [0.717, 1.165) is 19.2 Å². The molecule has 3 rings (SSSR count). The van der Waals surface area contributed by atoms with Gasteiger partial charge < -0.3 is 10.1 Å². The van der Waals surface area contributed by atoms with Crippen molar-refractivity contribution < 1.29 is 17.9 Å². The molecule has 0 saturated carbocycles. The van der Waals surface area contributed by atoms with Crippen molar-refractivity contribution in [1.82, 2.24) is 5.32 Å². The minimum absolute atomic E-state index is 0.134. The first-order chi connectivity index (χ1) is 16.2. The molecule has 0 aliphatic carbocycles. The summed E-state index contributed by atoms with van der Waals surface area (Å²) in [6.45, 7) is 3.84. The van der Waals surface area contributed by atoms with Crippen molar-refractivity contribution in [3.05, 3.63) is 88.0 Å². The van der Waals surface area contributed by atoms with Crippen LogP contribution >= 0.6 is 22.6 Å². The van der Waals surface area contributed by atoms with Gasteiger partial charge in [0.1, 0.15) is 12.3 Å². The molecule has 8 heteroatoms. The maximum absolute atomic E-state index is 13.5. The molecule has 0 heterocycles. The van der Waals surface area contributed by atoms with Crippen LogP contribution in [-0.2, 0) is 14.8 Å². The Kier molecular flexibility index (Phi) is 8.96. The Hall–Kier alpha value is -2.59. The van der Waals surface area contributed by atoms with Gasteiger partial charge >= 0.3 is 0 Å². The lowest BCUT2D eigenvalue weighted by atomic mass is 9.97. The van der Waals surface area contributed by atoms with Gasteiger partial charge in [-0.05, 0) is 89.0 Å². The molecule has 3 aromatic rings. The number of ether oxygens (including phenoxy) is 1. The van der Waals surface area contributed by atoms with Gasteiger partial charge in [0, 0.05) is 3.57 Å². The van der Waals surface area contributed by atoms with E-state index in [9.17, 15) is 13.2 Å². The number of carbonyl (C=O) groups excluding carboxylic acids is 1. The van der Waals surface area contributed by atoms with Crippen molar-refractivity contribution >= 4 is 44.2 Å². The summed E-state index contributed by atoms with van der Waals surface area (Å²) >= 11 is 2.16. The average molecular weight is 592 g/mol. The lowest BCUT2D eigenvalue weighted by Gasteiger charge is -2.26. The third kappa shape index (κ3) is 6.73. The molecule has 180 valence electrons. The molecule has 0 aliphatic rings. The van der Waals surface area contributed by atoms with Gasteiger partial charge in [-0.15, -0.1) is 0 Å². The highest BCUT2D eigenvalue weighted by Gasteiger charge is 2.28. The van der Waals surface area contributed by atoms with Gasteiger partial charge in [0.15, 0.2) is 0 Å². The molecule has 0 unspecified atom stereocenters. The third-order valence-electron chi connectivity index (χ3n) is 5.29. The van der Waals surface area contributed by atoms with Crippen molar-refractivity contribution in [2.75, 3.05) is 18.0 Å². The highest BCUT2D eigenvalue weighted by molar-refractivity contribution is 14.1. The molecule has 0 saturated heterocycles. The fraction of sp³-hybridized carbons (Fsp3) is 0.269. The summed E-state index contributed by atoms with van der Waals surface area (Å²) in [6.07, 6.45) is 0.715. The molecule has 6 nitrogen and oxygen atoms in total. The van der Waals surface area contributed by atoms with E-state index >= 15 is 0 Å². The SMILES string of the molecule is COc1ccc([C@@H](CC(C)C)NC(=O)CN(c2ccc(I)cc2)S(=O)(=O)c2ccccc2)cc1. The largest absolute Gasteiger partial charge is 0.497 e. The van der Waals surface area contributed by atoms with Crippen LogP contribution in [-0.4, -0.2) is 28.0 Å². The summed E-state index contributed by atoms with van der Waals surface area (Å²) in [5, 5.41) is 3.05. The summed E-state index contributed by atoms with van der Waals surface area (Å²) in [5.41, 5.74) is 1.37. The lowest BCUT2D eigenvalue weighted by molar-refractivity contribution is -0.120. The van der Waals surface area contributed by atoms with Crippen LogP contribution in [0.25, 0.3) is 0 Å². The first-order valence-electron chi connectivity index (χ1n) is 11.0. The molecule has 34 heavy (non-hydrogen) atoms. The Bertz CT molecular complexity index is 1180. The molecule has 0 spiro atoms. The van der Waals surface area contributed by atoms with Crippen molar-refractivity contribution in [1.29, 1.82) is 0 Å². The van der Waals surface area contributed by atoms with E-state index in [0.29, 0.717) is 18.0 Å². The standard InChI is InChI=1S/C26H29IN2O4S/c1-19(2)17-25(20-9-15-23(33-3)16-10-20)28-26(30)18-29(22-13-11-21(27)12-14-22)34(31,32)24-7-5-4-6-8-24/h4-16,19,25H,17-18H2,1-3H3,(H,28,30)/t25-/m1/s1. The van der Waals surface area contributed by atoms with Crippen LogP contribution in [0.15, 0.2) is 83.8 Å². The van der Waals surface area contributed by atoms with Gasteiger partial charge in [0.2, 0.25) is 5.91 Å². The number of anilines is 1. The van der Waals surface area contributed by atoms with E-state index in [1.165, 1.54) is 12.1 Å². The number of halogens is 1. The molecule has 1 atom stereocenters. The molecule has 0 aliphatic heterocycles. The van der Waals surface area contributed by atoms with Crippen LogP contribution < -0.4 is 14.4 Å². The van der Waals surface area contributed by atoms with Gasteiger partial charge in [-0.3, -0.25) is 9.10 Å². The van der Waals surface area contributed by atoms with Crippen LogP contribution in [0.2, 0.25) is 0 Å². The second kappa shape index (κ2) is 11.7. The maximum atomic E-state index is 13.5. The molecule has 1 amide bonds. The molecule has 0 fully saturated rings. The molecular formula is C26H29IN2O4S. The summed E-state index contributed by atoms with van der Waals surface area (Å²) < 4.78 is 34.3. The minimum atomic E-state index is -3.94. The predicted molar refractivity (Wildman–Crippen MR) is 143 cm³/mol. The number of amides is 1. The second-order valence-electron chi connectivity index (χ2n) is 8.32. The van der Waals surface area contributed by atoms with E-state index in [4.69, 9.17) is 4.74 Å². The second-order valence-corrected chi connectivity index (χ2v) is 11.4. The molecule has 0 radical (unpaired) electrons. The number of nitrogens with one attached hydrogen (secondary N) is 1. The molecular weight excluding hydrogens is 563 g/mol. The smallest absolute Gasteiger partial charge is 0.264 e. The molecule has 1 N–H and O–H groups in total. The van der Waals surface area contributed by atoms with Gasteiger partial charge in [0.05, 0.1) is 23.7 Å². The zero-order valence-corrected chi connectivity index (χ0v) is 22.4. The summed E-state index contributed by atoms with van der Waals surface area (Å²) in [6, 6.07) is 22.5. The highest BCUT2D eigenvalue weighted by atomic mass is 127. The van der Waals surface area contributed by atoms with Gasteiger partial charge in [-0.2, -0.15) is 0 Å². The Morgan fingerprint density at radius 3 is 2.15 bits per heavy atom. The number of benzene rings is 3.